The van der Waals surface area contributed by atoms with Gasteiger partial charge in [0.05, 0.1) is 5.92 Å². The Hall–Kier alpha value is -2.04. The zero-order valence-corrected chi connectivity index (χ0v) is 13.8. The maximum atomic E-state index is 11.9. The van der Waals surface area contributed by atoms with Gasteiger partial charge in [-0.15, -0.1) is 0 Å². The van der Waals surface area contributed by atoms with Gasteiger partial charge in [-0.2, -0.15) is 0 Å². The molecule has 5 heteroatoms. The van der Waals surface area contributed by atoms with Crippen molar-refractivity contribution < 1.29 is 14.7 Å². The Morgan fingerprint density at radius 1 is 1.13 bits per heavy atom. The lowest BCUT2D eigenvalue weighted by atomic mass is 9.86. The molecule has 23 heavy (non-hydrogen) atoms. The molecule has 0 aliphatic heterocycles. The SMILES string of the molecule is CC(C)c1ccc(CNC(=O)NC2CCC(C(=O)O)CC2)cc1. The Morgan fingerprint density at radius 3 is 2.26 bits per heavy atom. The molecular weight excluding hydrogens is 292 g/mol. The molecule has 2 amide bonds. The molecule has 1 fully saturated rings. The van der Waals surface area contributed by atoms with Crippen LogP contribution in [-0.4, -0.2) is 23.1 Å². The summed E-state index contributed by atoms with van der Waals surface area (Å²) in [6.07, 6.45) is 2.73. The van der Waals surface area contributed by atoms with E-state index in [1.165, 1.54) is 5.56 Å². The van der Waals surface area contributed by atoms with Crippen molar-refractivity contribution >= 4 is 12.0 Å². The van der Waals surface area contributed by atoms with Crippen LogP contribution in [0.25, 0.3) is 0 Å². The first-order valence-electron chi connectivity index (χ1n) is 8.31. The normalized spacial score (nSPS) is 21.0. The summed E-state index contributed by atoms with van der Waals surface area (Å²) in [4.78, 5) is 22.8. The van der Waals surface area contributed by atoms with Crippen molar-refractivity contribution in [1.82, 2.24) is 10.6 Å². The average Bonchev–Trinajstić information content (AvgIpc) is 2.54. The largest absolute Gasteiger partial charge is 0.481 e. The van der Waals surface area contributed by atoms with E-state index in [2.05, 4.69) is 36.6 Å². The first-order valence-corrected chi connectivity index (χ1v) is 8.31. The highest BCUT2D eigenvalue weighted by Gasteiger charge is 2.26. The van der Waals surface area contributed by atoms with Crippen molar-refractivity contribution in [2.24, 2.45) is 5.92 Å². The molecule has 0 aromatic heterocycles. The number of amides is 2. The fraction of sp³-hybridized carbons (Fsp3) is 0.556. The van der Waals surface area contributed by atoms with Crippen molar-refractivity contribution in [2.45, 2.75) is 58.0 Å². The third kappa shape index (κ3) is 5.27. The second-order valence-corrected chi connectivity index (χ2v) is 6.61. The molecule has 0 spiro atoms. The molecule has 0 unspecified atom stereocenters. The van der Waals surface area contributed by atoms with Crippen molar-refractivity contribution in [3.05, 3.63) is 35.4 Å². The number of carbonyl (C=O) groups is 2. The number of aliphatic carboxylic acids is 1. The van der Waals surface area contributed by atoms with Crippen molar-refractivity contribution in [2.75, 3.05) is 0 Å². The van der Waals surface area contributed by atoms with Crippen molar-refractivity contribution in [3.63, 3.8) is 0 Å². The lowest BCUT2D eigenvalue weighted by Gasteiger charge is -2.26. The van der Waals surface area contributed by atoms with Crippen LogP contribution in [0.3, 0.4) is 0 Å². The molecule has 1 aromatic carbocycles. The highest BCUT2D eigenvalue weighted by atomic mass is 16.4. The quantitative estimate of drug-likeness (QED) is 0.780. The predicted octanol–water partition coefficient (Wildman–Crippen LogP) is 3.25. The molecule has 1 aliphatic rings. The summed E-state index contributed by atoms with van der Waals surface area (Å²) in [5.41, 5.74) is 2.35. The summed E-state index contributed by atoms with van der Waals surface area (Å²) in [5.74, 6) is -0.477. The number of carbonyl (C=O) groups excluding carboxylic acids is 1. The summed E-state index contributed by atoms with van der Waals surface area (Å²) in [5, 5.41) is 14.8. The number of carboxylic acid groups (broad SMARTS) is 1. The predicted molar refractivity (Wildman–Crippen MR) is 89.3 cm³/mol. The van der Waals surface area contributed by atoms with Gasteiger partial charge in [0.1, 0.15) is 0 Å². The lowest BCUT2D eigenvalue weighted by molar-refractivity contribution is -0.142. The number of rotatable bonds is 5. The molecular formula is C18H26N2O3. The monoisotopic (exact) mass is 318 g/mol. The van der Waals surface area contributed by atoms with E-state index in [4.69, 9.17) is 5.11 Å². The fourth-order valence-corrected chi connectivity index (χ4v) is 2.92. The van der Waals surface area contributed by atoms with Crippen LogP contribution >= 0.6 is 0 Å². The van der Waals surface area contributed by atoms with Gasteiger partial charge in [-0.3, -0.25) is 4.79 Å². The molecule has 0 radical (unpaired) electrons. The van der Waals surface area contributed by atoms with Crippen molar-refractivity contribution in [1.29, 1.82) is 0 Å². The number of benzene rings is 1. The highest BCUT2D eigenvalue weighted by Crippen LogP contribution is 2.24. The van der Waals surface area contributed by atoms with Crippen molar-refractivity contribution in [3.8, 4) is 0 Å². The Labute approximate surface area is 137 Å². The number of hydrogen-bond donors (Lipinski definition) is 3. The van der Waals surface area contributed by atoms with E-state index in [0.717, 1.165) is 18.4 Å². The van der Waals surface area contributed by atoms with Gasteiger partial charge in [-0.1, -0.05) is 38.1 Å². The molecule has 0 bridgehead atoms. The minimum atomic E-state index is -0.724. The van der Waals surface area contributed by atoms with E-state index >= 15 is 0 Å². The molecule has 0 saturated heterocycles. The van der Waals surface area contributed by atoms with Gasteiger partial charge in [-0.05, 0) is 42.7 Å². The van der Waals surface area contributed by atoms with Crippen LogP contribution in [0, 0.1) is 5.92 Å². The molecule has 5 nitrogen and oxygen atoms in total. The number of nitrogens with one attached hydrogen (secondary N) is 2. The van der Waals surface area contributed by atoms with E-state index in [0.29, 0.717) is 25.3 Å². The van der Waals surface area contributed by atoms with Crippen LogP contribution in [-0.2, 0) is 11.3 Å². The highest BCUT2D eigenvalue weighted by molar-refractivity contribution is 5.74. The third-order valence-electron chi connectivity index (χ3n) is 4.51. The molecule has 0 atom stereocenters. The maximum Gasteiger partial charge on any atom is 0.315 e. The molecule has 2 rings (SSSR count). The Bertz CT molecular complexity index is 532. The smallest absolute Gasteiger partial charge is 0.315 e. The van der Waals surface area contributed by atoms with Gasteiger partial charge < -0.3 is 15.7 Å². The van der Waals surface area contributed by atoms with Crippen LogP contribution in [0.15, 0.2) is 24.3 Å². The van der Waals surface area contributed by atoms with Crippen LogP contribution in [0.1, 0.15) is 56.6 Å². The summed E-state index contributed by atoms with van der Waals surface area (Å²) in [7, 11) is 0. The van der Waals surface area contributed by atoms with E-state index in [1.54, 1.807) is 0 Å². The zero-order valence-electron chi connectivity index (χ0n) is 13.8. The number of carboxylic acids is 1. The van der Waals surface area contributed by atoms with E-state index in [1.807, 2.05) is 12.1 Å². The minimum Gasteiger partial charge on any atom is -0.481 e. The Morgan fingerprint density at radius 2 is 1.74 bits per heavy atom. The van der Waals surface area contributed by atoms with Crippen LogP contribution < -0.4 is 10.6 Å². The summed E-state index contributed by atoms with van der Waals surface area (Å²) >= 11 is 0. The zero-order chi connectivity index (χ0) is 16.8. The van der Waals surface area contributed by atoms with E-state index in [-0.39, 0.29) is 18.0 Å². The fourth-order valence-electron chi connectivity index (χ4n) is 2.92. The lowest BCUT2D eigenvalue weighted by Crippen LogP contribution is -2.43. The molecule has 1 saturated carbocycles. The van der Waals surface area contributed by atoms with Crippen LogP contribution in [0.2, 0.25) is 0 Å². The summed E-state index contributed by atoms with van der Waals surface area (Å²) in [6.45, 7) is 4.80. The van der Waals surface area contributed by atoms with Gasteiger partial charge in [0, 0.05) is 12.6 Å². The second kappa shape index (κ2) is 7.99. The van der Waals surface area contributed by atoms with Gasteiger partial charge in [0.25, 0.3) is 0 Å². The standard InChI is InChI=1S/C18H26N2O3/c1-12(2)14-5-3-13(4-6-14)11-19-18(23)20-16-9-7-15(8-10-16)17(21)22/h3-6,12,15-16H,7-11H2,1-2H3,(H,21,22)(H2,19,20,23). The van der Waals surface area contributed by atoms with E-state index < -0.39 is 5.97 Å². The molecule has 126 valence electrons. The summed E-state index contributed by atoms with van der Waals surface area (Å²) in [6, 6.07) is 8.14. The second-order valence-electron chi connectivity index (χ2n) is 6.61. The summed E-state index contributed by atoms with van der Waals surface area (Å²) < 4.78 is 0. The van der Waals surface area contributed by atoms with Gasteiger partial charge >= 0.3 is 12.0 Å². The van der Waals surface area contributed by atoms with Crippen LogP contribution in [0.4, 0.5) is 4.79 Å². The maximum absolute atomic E-state index is 11.9. The van der Waals surface area contributed by atoms with Gasteiger partial charge in [0.2, 0.25) is 0 Å². The Balaban J connectivity index is 1.72. The first-order chi connectivity index (χ1) is 11.0. The van der Waals surface area contributed by atoms with Gasteiger partial charge in [0.15, 0.2) is 0 Å². The number of urea groups is 1. The number of hydrogen-bond acceptors (Lipinski definition) is 2. The molecule has 3 N–H and O–H groups in total. The molecule has 1 aromatic rings. The molecule has 0 heterocycles. The third-order valence-corrected chi connectivity index (χ3v) is 4.51. The Kier molecular flexibility index (Phi) is 6.02. The van der Waals surface area contributed by atoms with Crippen LogP contribution in [0.5, 0.6) is 0 Å². The first kappa shape index (κ1) is 17.3. The minimum absolute atomic E-state index is 0.0777. The van der Waals surface area contributed by atoms with Gasteiger partial charge in [-0.25, -0.2) is 4.79 Å². The average molecular weight is 318 g/mol. The topological polar surface area (TPSA) is 78.4 Å². The van der Waals surface area contributed by atoms with E-state index in [9.17, 15) is 9.59 Å². The molecule has 1 aliphatic carbocycles.